The third kappa shape index (κ3) is 2.28. The van der Waals surface area contributed by atoms with E-state index in [0.29, 0.717) is 18.5 Å². The molecule has 4 nitrogen and oxygen atoms in total. The third-order valence-electron chi connectivity index (χ3n) is 2.13. The third-order valence-corrected chi connectivity index (χ3v) is 2.13. The van der Waals surface area contributed by atoms with E-state index in [1.807, 2.05) is 4.68 Å². The molecular weight excluding hydrogens is 164 g/mol. The summed E-state index contributed by atoms with van der Waals surface area (Å²) >= 11 is 0. The summed E-state index contributed by atoms with van der Waals surface area (Å²) in [4.78, 5) is 4.25. The van der Waals surface area contributed by atoms with E-state index in [0.717, 1.165) is 12.2 Å². The first kappa shape index (κ1) is 10.2. The van der Waals surface area contributed by atoms with E-state index in [9.17, 15) is 0 Å². The first-order chi connectivity index (χ1) is 6.16. The number of nitrogens with zero attached hydrogens (tertiary/aromatic N) is 3. The van der Waals surface area contributed by atoms with Gasteiger partial charge in [-0.2, -0.15) is 5.10 Å². The average molecular weight is 182 g/mol. The van der Waals surface area contributed by atoms with Gasteiger partial charge in [-0.3, -0.25) is 0 Å². The zero-order valence-corrected chi connectivity index (χ0v) is 8.57. The molecule has 0 spiro atoms. The van der Waals surface area contributed by atoms with Gasteiger partial charge in [-0.05, 0) is 26.8 Å². The summed E-state index contributed by atoms with van der Waals surface area (Å²) in [5.41, 5.74) is 5.50. The average Bonchev–Trinajstić information content (AvgIpc) is 2.52. The second-order valence-electron chi connectivity index (χ2n) is 3.63. The molecule has 0 amide bonds. The fourth-order valence-electron chi connectivity index (χ4n) is 1.39. The maximum Gasteiger partial charge on any atom is 0.138 e. The molecule has 0 bridgehead atoms. The molecule has 0 radical (unpaired) electrons. The Morgan fingerprint density at radius 1 is 1.46 bits per heavy atom. The van der Waals surface area contributed by atoms with Crippen molar-refractivity contribution in [1.29, 1.82) is 0 Å². The van der Waals surface area contributed by atoms with Crippen LogP contribution in [0, 0.1) is 0 Å². The Balaban J connectivity index is 2.80. The van der Waals surface area contributed by atoms with Crippen LogP contribution in [0.4, 0.5) is 0 Å². The van der Waals surface area contributed by atoms with Crippen LogP contribution in [0.15, 0.2) is 6.33 Å². The van der Waals surface area contributed by atoms with Crippen LogP contribution >= 0.6 is 0 Å². The monoisotopic (exact) mass is 182 g/mol. The van der Waals surface area contributed by atoms with Crippen LogP contribution in [-0.4, -0.2) is 21.3 Å². The lowest BCUT2D eigenvalue weighted by Gasteiger charge is -2.13. The molecule has 1 aromatic rings. The molecule has 1 rings (SSSR count). The van der Waals surface area contributed by atoms with Crippen molar-refractivity contribution < 1.29 is 0 Å². The molecule has 1 aromatic heterocycles. The highest BCUT2D eigenvalue weighted by molar-refractivity contribution is 4.94. The van der Waals surface area contributed by atoms with Crippen molar-refractivity contribution in [3.8, 4) is 0 Å². The van der Waals surface area contributed by atoms with Gasteiger partial charge in [0.25, 0.3) is 0 Å². The Kier molecular flexibility index (Phi) is 3.42. The predicted molar refractivity (Wildman–Crippen MR) is 52.5 cm³/mol. The van der Waals surface area contributed by atoms with Crippen LogP contribution in [0.25, 0.3) is 0 Å². The maximum absolute atomic E-state index is 5.50. The van der Waals surface area contributed by atoms with E-state index in [4.69, 9.17) is 5.73 Å². The Hall–Kier alpha value is -0.900. The lowest BCUT2D eigenvalue weighted by atomic mass is 10.1. The summed E-state index contributed by atoms with van der Waals surface area (Å²) in [6.07, 6.45) is 2.58. The van der Waals surface area contributed by atoms with Crippen LogP contribution in [-0.2, 0) is 0 Å². The smallest absolute Gasteiger partial charge is 0.138 e. The van der Waals surface area contributed by atoms with Gasteiger partial charge in [0.1, 0.15) is 12.2 Å². The van der Waals surface area contributed by atoms with Crippen LogP contribution in [0.3, 0.4) is 0 Å². The highest BCUT2D eigenvalue weighted by Gasteiger charge is 2.13. The molecule has 0 aliphatic rings. The predicted octanol–water partition coefficient (Wildman–Crippen LogP) is 1.31. The summed E-state index contributed by atoms with van der Waals surface area (Å²) in [6, 6.07) is 0.373. The van der Waals surface area contributed by atoms with Crippen molar-refractivity contribution in [3.63, 3.8) is 0 Å². The lowest BCUT2D eigenvalue weighted by molar-refractivity contribution is 0.478. The van der Waals surface area contributed by atoms with Crippen molar-refractivity contribution in [2.45, 2.75) is 39.2 Å². The molecule has 4 heteroatoms. The van der Waals surface area contributed by atoms with E-state index in [-0.39, 0.29) is 0 Å². The maximum atomic E-state index is 5.50. The van der Waals surface area contributed by atoms with Gasteiger partial charge in [0, 0.05) is 12.0 Å². The molecule has 0 aliphatic carbocycles. The van der Waals surface area contributed by atoms with Gasteiger partial charge in [-0.15, -0.1) is 0 Å². The number of nitrogens with two attached hydrogens (primary N) is 1. The Bertz CT molecular complexity index is 254. The van der Waals surface area contributed by atoms with E-state index in [1.165, 1.54) is 0 Å². The minimum atomic E-state index is 0.373. The number of hydrogen-bond donors (Lipinski definition) is 1. The molecule has 1 heterocycles. The van der Waals surface area contributed by atoms with Gasteiger partial charge in [-0.1, -0.05) is 6.92 Å². The van der Waals surface area contributed by atoms with Crippen LogP contribution in [0.2, 0.25) is 0 Å². The summed E-state index contributed by atoms with van der Waals surface area (Å²) in [6.45, 7) is 7.04. The summed E-state index contributed by atoms with van der Waals surface area (Å²) < 4.78 is 1.96. The molecule has 13 heavy (non-hydrogen) atoms. The first-order valence-electron chi connectivity index (χ1n) is 4.76. The Labute approximate surface area is 79.2 Å². The van der Waals surface area contributed by atoms with Gasteiger partial charge >= 0.3 is 0 Å². The van der Waals surface area contributed by atoms with E-state index < -0.39 is 0 Å². The van der Waals surface area contributed by atoms with Crippen LogP contribution in [0.5, 0.6) is 0 Å². The summed E-state index contributed by atoms with van der Waals surface area (Å²) in [5.74, 6) is 1.44. The molecule has 1 atom stereocenters. The van der Waals surface area contributed by atoms with Crippen molar-refractivity contribution in [2.24, 2.45) is 5.73 Å². The first-order valence-corrected chi connectivity index (χ1v) is 4.76. The zero-order valence-electron chi connectivity index (χ0n) is 8.57. The van der Waals surface area contributed by atoms with Gasteiger partial charge in [0.15, 0.2) is 0 Å². The van der Waals surface area contributed by atoms with Crippen molar-refractivity contribution in [3.05, 3.63) is 12.2 Å². The van der Waals surface area contributed by atoms with Gasteiger partial charge < -0.3 is 5.73 Å². The molecule has 74 valence electrons. The Morgan fingerprint density at radius 2 is 2.15 bits per heavy atom. The van der Waals surface area contributed by atoms with E-state index in [2.05, 4.69) is 30.9 Å². The topological polar surface area (TPSA) is 56.7 Å². The molecule has 0 aromatic carbocycles. The molecule has 2 N–H and O–H groups in total. The lowest BCUT2D eigenvalue weighted by Crippen LogP contribution is -2.13. The molecule has 1 unspecified atom stereocenters. The highest BCUT2D eigenvalue weighted by Crippen LogP contribution is 2.17. The fourth-order valence-corrected chi connectivity index (χ4v) is 1.39. The number of hydrogen-bond acceptors (Lipinski definition) is 3. The van der Waals surface area contributed by atoms with Crippen LogP contribution < -0.4 is 5.73 Å². The highest BCUT2D eigenvalue weighted by atomic mass is 15.3. The Morgan fingerprint density at radius 3 is 2.69 bits per heavy atom. The minimum absolute atomic E-state index is 0.373. The molecular formula is C9H18N4. The van der Waals surface area contributed by atoms with Crippen molar-refractivity contribution in [2.75, 3.05) is 6.54 Å². The van der Waals surface area contributed by atoms with Crippen LogP contribution in [0.1, 0.15) is 45.0 Å². The van der Waals surface area contributed by atoms with Crippen molar-refractivity contribution in [1.82, 2.24) is 14.8 Å². The van der Waals surface area contributed by atoms with Gasteiger partial charge in [-0.25, -0.2) is 9.67 Å². The van der Waals surface area contributed by atoms with Gasteiger partial charge in [0.05, 0.1) is 0 Å². The largest absolute Gasteiger partial charge is 0.330 e. The summed E-state index contributed by atoms with van der Waals surface area (Å²) in [5, 5.41) is 4.18. The fraction of sp³-hybridized carbons (Fsp3) is 0.778. The second-order valence-corrected chi connectivity index (χ2v) is 3.63. The quantitative estimate of drug-likeness (QED) is 0.763. The molecule has 0 aliphatic heterocycles. The molecule has 0 fully saturated rings. The minimum Gasteiger partial charge on any atom is -0.330 e. The SMILES string of the molecule is CC(CCN)c1ncnn1C(C)C. The van der Waals surface area contributed by atoms with E-state index in [1.54, 1.807) is 6.33 Å². The molecule has 0 saturated carbocycles. The standard InChI is InChI=1S/C9H18N4/c1-7(2)13-9(11-6-12-13)8(3)4-5-10/h6-8H,4-5,10H2,1-3H3. The zero-order chi connectivity index (χ0) is 9.84. The van der Waals surface area contributed by atoms with E-state index >= 15 is 0 Å². The molecule has 0 saturated heterocycles. The van der Waals surface area contributed by atoms with Crippen molar-refractivity contribution >= 4 is 0 Å². The van der Waals surface area contributed by atoms with Gasteiger partial charge in [0.2, 0.25) is 0 Å². The second kappa shape index (κ2) is 4.37. The normalized spacial score (nSPS) is 13.6. The number of rotatable bonds is 4. The summed E-state index contributed by atoms with van der Waals surface area (Å²) in [7, 11) is 0. The number of aromatic nitrogens is 3.